The molecule has 2 N–H and O–H groups in total. The van der Waals surface area contributed by atoms with Crippen LogP contribution in [0.1, 0.15) is 38.7 Å². The van der Waals surface area contributed by atoms with Crippen LogP contribution in [0.15, 0.2) is 11.6 Å². The minimum Gasteiger partial charge on any atom is -0.461 e. The second-order valence-electron chi connectivity index (χ2n) is 4.70. The van der Waals surface area contributed by atoms with Crippen LogP contribution in [-0.2, 0) is 0 Å². The maximum atomic E-state index is 5.56. The number of nitrogens with one attached hydrogen (secondary N) is 2. The Morgan fingerprint density at radius 3 is 2.57 bits per heavy atom. The zero-order valence-electron chi connectivity index (χ0n) is 12.6. The molecule has 2 rings (SSSR count). The number of hydrogen-bond donors (Lipinski definition) is 2. The summed E-state index contributed by atoms with van der Waals surface area (Å²) >= 11 is 1.59. The van der Waals surface area contributed by atoms with Gasteiger partial charge in [0.25, 0.3) is 0 Å². The summed E-state index contributed by atoms with van der Waals surface area (Å²) in [7, 11) is 0. The molecule has 0 saturated heterocycles. The van der Waals surface area contributed by atoms with E-state index < -0.39 is 0 Å². The zero-order chi connectivity index (χ0) is 15.2. The molecule has 7 nitrogen and oxygen atoms in total. The number of nitrogens with zero attached hydrogens (tertiary/aromatic N) is 4. The highest BCUT2D eigenvalue weighted by Gasteiger charge is 2.13. The first-order valence-electron chi connectivity index (χ1n) is 6.91. The number of rotatable bonds is 7. The first-order chi connectivity index (χ1) is 10.1. The van der Waals surface area contributed by atoms with E-state index in [4.69, 9.17) is 4.74 Å². The van der Waals surface area contributed by atoms with Crippen molar-refractivity contribution in [2.45, 2.75) is 39.8 Å². The van der Waals surface area contributed by atoms with Crippen molar-refractivity contribution in [2.75, 3.05) is 17.2 Å². The third-order valence-electron chi connectivity index (χ3n) is 2.46. The van der Waals surface area contributed by atoms with Crippen LogP contribution in [0.2, 0.25) is 0 Å². The van der Waals surface area contributed by atoms with Crippen molar-refractivity contribution >= 4 is 23.2 Å². The van der Waals surface area contributed by atoms with Gasteiger partial charge in [0, 0.05) is 18.1 Å². The second kappa shape index (κ2) is 7.16. The van der Waals surface area contributed by atoms with Crippen molar-refractivity contribution in [2.24, 2.45) is 0 Å². The lowest BCUT2D eigenvalue weighted by Crippen LogP contribution is -2.15. The highest BCUT2D eigenvalue weighted by atomic mass is 32.1. The van der Waals surface area contributed by atoms with Crippen LogP contribution in [0, 0.1) is 0 Å². The monoisotopic (exact) mass is 308 g/mol. The topological polar surface area (TPSA) is 84.9 Å². The van der Waals surface area contributed by atoms with Gasteiger partial charge in [-0.05, 0) is 27.7 Å². The fraction of sp³-hybridized carbons (Fsp3) is 0.538. The first kappa shape index (κ1) is 15.4. The molecule has 0 spiro atoms. The number of ether oxygens (including phenoxy) is 1. The molecule has 0 aromatic carbocycles. The van der Waals surface area contributed by atoms with E-state index in [-0.39, 0.29) is 12.1 Å². The summed E-state index contributed by atoms with van der Waals surface area (Å²) in [5, 5.41) is 9.22. The Morgan fingerprint density at radius 1 is 1.19 bits per heavy atom. The molecule has 0 bridgehead atoms. The van der Waals surface area contributed by atoms with Crippen LogP contribution >= 0.6 is 11.3 Å². The van der Waals surface area contributed by atoms with Crippen molar-refractivity contribution in [3.63, 3.8) is 0 Å². The summed E-state index contributed by atoms with van der Waals surface area (Å²) in [6.07, 6.45) is 1.79. The molecular formula is C13H20N6OS. The van der Waals surface area contributed by atoms with E-state index in [9.17, 15) is 0 Å². The van der Waals surface area contributed by atoms with Gasteiger partial charge in [0.15, 0.2) is 0 Å². The zero-order valence-corrected chi connectivity index (χ0v) is 13.4. The Hall–Kier alpha value is -1.96. The van der Waals surface area contributed by atoms with Crippen molar-refractivity contribution in [3.05, 3.63) is 16.6 Å². The SMILES string of the molecule is CCNc1nc(NC(C)c2nccs2)nc(OC(C)C)n1. The molecule has 0 aliphatic heterocycles. The van der Waals surface area contributed by atoms with Crippen LogP contribution in [0.3, 0.4) is 0 Å². The van der Waals surface area contributed by atoms with E-state index in [1.54, 1.807) is 17.5 Å². The Balaban J connectivity index is 2.18. The van der Waals surface area contributed by atoms with Crippen LogP contribution in [0.25, 0.3) is 0 Å². The molecule has 0 aliphatic carbocycles. The van der Waals surface area contributed by atoms with Gasteiger partial charge in [0.1, 0.15) is 5.01 Å². The molecule has 21 heavy (non-hydrogen) atoms. The summed E-state index contributed by atoms with van der Waals surface area (Å²) < 4.78 is 5.56. The smallest absolute Gasteiger partial charge is 0.323 e. The summed E-state index contributed by atoms with van der Waals surface area (Å²) in [5.41, 5.74) is 0. The van der Waals surface area contributed by atoms with E-state index in [1.807, 2.05) is 33.1 Å². The normalized spacial score (nSPS) is 12.2. The highest BCUT2D eigenvalue weighted by Crippen LogP contribution is 2.20. The quantitative estimate of drug-likeness (QED) is 0.813. The minimum absolute atomic E-state index is 0.00566. The van der Waals surface area contributed by atoms with Gasteiger partial charge in [-0.3, -0.25) is 0 Å². The predicted octanol–water partition coefficient (Wildman–Crippen LogP) is 2.72. The molecule has 114 valence electrons. The molecule has 8 heteroatoms. The lowest BCUT2D eigenvalue weighted by atomic mass is 10.4. The summed E-state index contributed by atoms with van der Waals surface area (Å²) in [6.45, 7) is 8.59. The van der Waals surface area contributed by atoms with Crippen LogP contribution in [0.4, 0.5) is 11.9 Å². The van der Waals surface area contributed by atoms with E-state index in [2.05, 4.69) is 30.6 Å². The highest BCUT2D eigenvalue weighted by molar-refractivity contribution is 7.09. The van der Waals surface area contributed by atoms with Gasteiger partial charge in [-0.1, -0.05) is 0 Å². The third-order valence-corrected chi connectivity index (χ3v) is 3.42. The number of anilines is 2. The molecular weight excluding hydrogens is 288 g/mol. The molecule has 2 heterocycles. The third kappa shape index (κ3) is 4.52. The fourth-order valence-corrected chi connectivity index (χ4v) is 2.27. The van der Waals surface area contributed by atoms with Gasteiger partial charge in [0.2, 0.25) is 11.9 Å². The Morgan fingerprint density at radius 2 is 1.95 bits per heavy atom. The van der Waals surface area contributed by atoms with Crippen LogP contribution < -0.4 is 15.4 Å². The average molecular weight is 308 g/mol. The Kier molecular flexibility index (Phi) is 5.26. The van der Waals surface area contributed by atoms with Gasteiger partial charge in [-0.2, -0.15) is 15.0 Å². The van der Waals surface area contributed by atoms with Gasteiger partial charge in [0.05, 0.1) is 12.1 Å². The van der Waals surface area contributed by atoms with Gasteiger partial charge in [-0.25, -0.2) is 4.98 Å². The molecule has 0 amide bonds. The van der Waals surface area contributed by atoms with Crippen LogP contribution in [0.5, 0.6) is 6.01 Å². The largest absolute Gasteiger partial charge is 0.461 e. The molecule has 0 aliphatic rings. The fourth-order valence-electron chi connectivity index (χ4n) is 1.63. The van der Waals surface area contributed by atoms with E-state index in [0.717, 1.165) is 11.6 Å². The Labute approximate surface area is 128 Å². The molecule has 0 radical (unpaired) electrons. The van der Waals surface area contributed by atoms with Crippen molar-refractivity contribution < 1.29 is 4.74 Å². The van der Waals surface area contributed by atoms with E-state index in [1.165, 1.54) is 0 Å². The second-order valence-corrected chi connectivity index (χ2v) is 5.62. The molecule has 0 saturated carbocycles. The summed E-state index contributed by atoms with van der Waals surface area (Å²) in [5.74, 6) is 0.969. The van der Waals surface area contributed by atoms with E-state index >= 15 is 0 Å². The van der Waals surface area contributed by atoms with Gasteiger partial charge in [-0.15, -0.1) is 11.3 Å². The molecule has 2 aromatic heterocycles. The van der Waals surface area contributed by atoms with Crippen molar-refractivity contribution in [1.29, 1.82) is 0 Å². The van der Waals surface area contributed by atoms with E-state index in [0.29, 0.717) is 17.9 Å². The predicted molar refractivity (Wildman–Crippen MR) is 83.9 cm³/mol. The summed E-state index contributed by atoms with van der Waals surface area (Å²) in [4.78, 5) is 17.1. The van der Waals surface area contributed by atoms with Crippen molar-refractivity contribution in [3.8, 4) is 6.01 Å². The number of aromatic nitrogens is 4. The minimum atomic E-state index is 0.00566. The maximum absolute atomic E-state index is 5.56. The molecule has 2 aromatic rings. The Bertz CT molecular complexity index is 560. The first-order valence-corrected chi connectivity index (χ1v) is 7.79. The molecule has 1 unspecified atom stereocenters. The molecule has 1 atom stereocenters. The average Bonchev–Trinajstić information content (AvgIpc) is 2.91. The lowest BCUT2D eigenvalue weighted by molar-refractivity contribution is 0.222. The van der Waals surface area contributed by atoms with Crippen molar-refractivity contribution in [1.82, 2.24) is 19.9 Å². The number of thiazole rings is 1. The maximum Gasteiger partial charge on any atom is 0.323 e. The lowest BCUT2D eigenvalue weighted by Gasteiger charge is -2.14. The summed E-state index contributed by atoms with van der Waals surface area (Å²) in [6, 6.07) is 0.332. The number of hydrogen-bond acceptors (Lipinski definition) is 8. The van der Waals surface area contributed by atoms with Gasteiger partial charge < -0.3 is 15.4 Å². The van der Waals surface area contributed by atoms with Gasteiger partial charge >= 0.3 is 6.01 Å². The van der Waals surface area contributed by atoms with Crippen LogP contribution in [-0.4, -0.2) is 32.6 Å². The standard InChI is InChI=1S/C13H20N6OS/c1-5-14-11-17-12(19-13(18-11)20-8(2)3)16-9(4)10-15-6-7-21-10/h6-9H,5H2,1-4H3,(H2,14,16,17,18,19). The molecule has 0 fully saturated rings.